The van der Waals surface area contributed by atoms with Crippen LogP contribution in [0.5, 0.6) is 5.75 Å². The number of hydrogen-bond acceptors (Lipinski definition) is 2. The fourth-order valence-electron chi connectivity index (χ4n) is 1.73. The van der Waals surface area contributed by atoms with Crippen LogP contribution < -0.4 is 10.5 Å². The summed E-state index contributed by atoms with van der Waals surface area (Å²) in [6.07, 6.45) is 2.86. The normalized spacial score (nSPS) is 10.9. The third-order valence-corrected chi connectivity index (χ3v) is 3.88. The van der Waals surface area contributed by atoms with Gasteiger partial charge in [-0.15, -0.1) is 0 Å². The zero-order valence-corrected chi connectivity index (χ0v) is 14.5. The molecule has 0 spiro atoms. The monoisotopic (exact) mass is 399 g/mol. The van der Waals surface area contributed by atoms with Crippen molar-refractivity contribution in [1.29, 1.82) is 0 Å². The second-order valence-electron chi connectivity index (χ2n) is 4.46. The highest BCUT2D eigenvalue weighted by Gasteiger charge is 2.09. The van der Waals surface area contributed by atoms with Crippen molar-refractivity contribution in [3.05, 3.63) is 68.1 Å². The molecule has 3 nitrogen and oxygen atoms in total. The van der Waals surface area contributed by atoms with Gasteiger partial charge in [-0.1, -0.05) is 35.3 Å². The summed E-state index contributed by atoms with van der Waals surface area (Å²) in [5.74, 6) is 0.0168. The van der Waals surface area contributed by atoms with E-state index in [2.05, 4.69) is 15.9 Å². The molecular weight excluding hydrogens is 389 g/mol. The quantitative estimate of drug-likeness (QED) is 0.730. The van der Waals surface area contributed by atoms with Gasteiger partial charge in [0.25, 0.3) is 0 Å². The molecule has 0 aliphatic rings. The summed E-state index contributed by atoms with van der Waals surface area (Å²) >= 11 is 15.5. The van der Waals surface area contributed by atoms with Crippen LogP contribution in [0.4, 0.5) is 0 Å². The Kier molecular flexibility index (Phi) is 5.89. The Bertz CT molecular complexity index is 692. The van der Waals surface area contributed by atoms with E-state index in [1.54, 1.807) is 30.3 Å². The highest BCUT2D eigenvalue weighted by atomic mass is 79.9. The minimum absolute atomic E-state index is 0.367. The minimum atomic E-state index is -0.518. The predicted octanol–water partition coefficient (Wildman–Crippen LogP) is 4.83. The smallest absolute Gasteiger partial charge is 0.241 e. The van der Waals surface area contributed by atoms with Crippen LogP contribution in [0.15, 0.2) is 46.9 Å². The molecule has 2 rings (SSSR count). The van der Waals surface area contributed by atoms with Crippen molar-refractivity contribution in [3.8, 4) is 5.75 Å². The van der Waals surface area contributed by atoms with Crippen molar-refractivity contribution >= 4 is 51.1 Å². The Morgan fingerprint density at radius 2 is 1.91 bits per heavy atom. The summed E-state index contributed by atoms with van der Waals surface area (Å²) in [5.41, 5.74) is 6.79. The van der Waals surface area contributed by atoms with E-state index in [9.17, 15) is 4.79 Å². The van der Waals surface area contributed by atoms with Crippen LogP contribution in [0.25, 0.3) is 6.08 Å². The average Bonchev–Trinajstić information content (AvgIpc) is 2.46. The lowest BCUT2D eigenvalue weighted by atomic mass is 10.2. The van der Waals surface area contributed by atoms with Gasteiger partial charge in [0.1, 0.15) is 6.61 Å². The highest BCUT2D eigenvalue weighted by molar-refractivity contribution is 9.10. The van der Waals surface area contributed by atoms with E-state index in [4.69, 9.17) is 33.7 Å². The van der Waals surface area contributed by atoms with Crippen molar-refractivity contribution in [3.63, 3.8) is 0 Å². The van der Waals surface area contributed by atoms with Gasteiger partial charge in [-0.2, -0.15) is 0 Å². The zero-order valence-electron chi connectivity index (χ0n) is 11.4. The molecule has 0 radical (unpaired) electrons. The molecule has 1 amide bonds. The summed E-state index contributed by atoms with van der Waals surface area (Å²) in [4.78, 5) is 10.7. The van der Waals surface area contributed by atoms with Crippen LogP contribution in [0.1, 0.15) is 11.1 Å². The van der Waals surface area contributed by atoms with Gasteiger partial charge in [-0.05, 0) is 57.4 Å². The van der Waals surface area contributed by atoms with Gasteiger partial charge in [0.05, 0.1) is 9.50 Å². The molecule has 0 saturated carbocycles. The van der Waals surface area contributed by atoms with E-state index >= 15 is 0 Å². The van der Waals surface area contributed by atoms with Crippen molar-refractivity contribution in [2.75, 3.05) is 0 Å². The number of amides is 1. The maximum Gasteiger partial charge on any atom is 0.241 e. The number of halogens is 3. The van der Waals surface area contributed by atoms with Gasteiger partial charge in [0.15, 0.2) is 5.75 Å². The lowest BCUT2D eigenvalue weighted by molar-refractivity contribution is -0.113. The summed E-state index contributed by atoms with van der Waals surface area (Å²) in [5, 5.41) is 1.11. The first-order chi connectivity index (χ1) is 10.5. The van der Waals surface area contributed by atoms with Crippen molar-refractivity contribution in [2.24, 2.45) is 5.73 Å². The molecular formula is C16H12BrCl2NO2. The number of carbonyl (C=O) groups excluding carboxylic acids is 1. The maximum absolute atomic E-state index is 10.7. The molecule has 6 heteroatoms. The SMILES string of the molecule is NC(=O)/C=C/c1cc(Cl)c(OCc2ccc(Cl)cc2)c(Br)c1. The number of carbonyl (C=O) groups is 1. The lowest BCUT2D eigenvalue weighted by Crippen LogP contribution is -2.05. The molecule has 2 aromatic carbocycles. The standard InChI is InChI=1S/C16H12BrCl2NO2/c17-13-7-11(3-6-15(20)21)8-14(19)16(13)22-9-10-1-4-12(18)5-2-10/h1-8H,9H2,(H2,20,21)/b6-3+. The Morgan fingerprint density at radius 1 is 1.23 bits per heavy atom. The molecule has 0 aromatic heterocycles. The Morgan fingerprint density at radius 3 is 2.50 bits per heavy atom. The second kappa shape index (κ2) is 7.68. The van der Waals surface area contributed by atoms with Crippen LogP contribution in [-0.2, 0) is 11.4 Å². The summed E-state index contributed by atoms with van der Waals surface area (Å²) < 4.78 is 6.43. The Balaban J connectivity index is 2.14. The second-order valence-corrected chi connectivity index (χ2v) is 6.16. The van der Waals surface area contributed by atoms with Crippen LogP contribution in [0.3, 0.4) is 0 Å². The Labute approximate surface area is 146 Å². The molecule has 0 heterocycles. The van der Waals surface area contributed by atoms with Gasteiger partial charge in [0, 0.05) is 11.1 Å². The van der Waals surface area contributed by atoms with Crippen molar-refractivity contribution < 1.29 is 9.53 Å². The Hall–Kier alpha value is -1.49. The molecule has 0 saturated heterocycles. The molecule has 0 bridgehead atoms. The number of ether oxygens (including phenoxy) is 1. The topological polar surface area (TPSA) is 52.3 Å². The van der Waals surface area contributed by atoms with Crippen LogP contribution in [0.2, 0.25) is 10.0 Å². The third-order valence-electron chi connectivity index (χ3n) is 2.76. The van der Waals surface area contributed by atoms with Crippen molar-refractivity contribution in [1.82, 2.24) is 0 Å². The minimum Gasteiger partial charge on any atom is -0.486 e. The number of hydrogen-bond donors (Lipinski definition) is 1. The summed E-state index contributed by atoms with van der Waals surface area (Å²) in [6.45, 7) is 0.367. The largest absolute Gasteiger partial charge is 0.486 e. The van der Waals surface area contributed by atoms with E-state index in [1.165, 1.54) is 6.08 Å². The van der Waals surface area contributed by atoms with Crippen LogP contribution in [0, 0.1) is 0 Å². The molecule has 114 valence electrons. The summed E-state index contributed by atoms with van der Waals surface area (Å²) in [7, 11) is 0. The van der Waals surface area contributed by atoms with E-state index in [-0.39, 0.29) is 0 Å². The molecule has 2 N–H and O–H groups in total. The van der Waals surface area contributed by atoms with Crippen molar-refractivity contribution in [2.45, 2.75) is 6.61 Å². The molecule has 0 unspecified atom stereocenters. The highest BCUT2D eigenvalue weighted by Crippen LogP contribution is 2.35. The van der Waals surface area contributed by atoms with Gasteiger partial charge >= 0.3 is 0 Å². The number of primary amides is 1. The average molecular weight is 401 g/mol. The van der Waals surface area contributed by atoms with E-state index in [1.807, 2.05) is 12.1 Å². The number of benzene rings is 2. The molecule has 0 aliphatic carbocycles. The lowest BCUT2D eigenvalue weighted by Gasteiger charge is -2.11. The molecule has 22 heavy (non-hydrogen) atoms. The molecule has 2 aromatic rings. The van der Waals surface area contributed by atoms with Crippen LogP contribution in [-0.4, -0.2) is 5.91 Å². The van der Waals surface area contributed by atoms with E-state index < -0.39 is 5.91 Å². The molecule has 0 aliphatic heterocycles. The molecule has 0 fully saturated rings. The van der Waals surface area contributed by atoms with E-state index in [0.717, 1.165) is 11.1 Å². The summed E-state index contributed by atoms with van der Waals surface area (Å²) in [6, 6.07) is 10.9. The fourth-order valence-corrected chi connectivity index (χ4v) is 2.84. The van der Waals surface area contributed by atoms with E-state index in [0.29, 0.717) is 26.9 Å². The zero-order chi connectivity index (χ0) is 16.1. The number of rotatable bonds is 5. The van der Waals surface area contributed by atoms with Gasteiger partial charge < -0.3 is 10.5 Å². The third kappa shape index (κ3) is 4.77. The first-order valence-corrected chi connectivity index (χ1v) is 7.84. The van der Waals surface area contributed by atoms with Crippen LogP contribution >= 0.6 is 39.1 Å². The number of nitrogens with two attached hydrogens (primary N) is 1. The first-order valence-electron chi connectivity index (χ1n) is 6.29. The van der Waals surface area contributed by atoms with Gasteiger partial charge in [0.2, 0.25) is 5.91 Å². The molecule has 0 atom stereocenters. The van der Waals surface area contributed by atoms with Gasteiger partial charge in [-0.3, -0.25) is 4.79 Å². The fraction of sp³-hybridized carbons (Fsp3) is 0.0625. The van der Waals surface area contributed by atoms with Gasteiger partial charge in [-0.25, -0.2) is 0 Å². The first kappa shape index (κ1) is 16.9. The maximum atomic E-state index is 10.7. The predicted molar refractivity (Wildman–Crippen MR) is 93.2 cm³/mol.